The molecule has 3 rings (SSSR count). The molecular weight excluding hydrogens is 290 g/mol. The average molecular weight is 304 g/mol. The Bertz CT molecular complexity index is 722. The number of rotatable bonds is 5. The summed E-state index contributed by atoms with van der Waals surface area (Å²) in [5, 5.41) is 12.9. The van der Waals surface area contributed by atoms with E-state index in [0.29, 0.717) is 17.3 Å². The van der Waals surface area contributed by atoms with Gasteiger partial charge in [-0.05, 0) is 24.3 Å². The van der Waals surface area contributed by atoms with Crippen molar-refractivity contribution in [3.63, 3.8) is 0 Å². The summed E-state index contributed by atoms with van der Waals surface area (Å²) in [6, 6.07) is 9.24. The third-order valence-corrected chi connectivity index (χ3v) is 3.38. The van der Waals surface area contributed by atoms with Crippen LogP contribution in [0.4, 0.5) is 5.69 Å². The Kier molecular flexibility index (Phi) is 3.94. The van der Waals surface area contributed by atoms with Crippen LogP contribution in [0.25, 0.3) is 5.69 Å². The number of para-hydroxylation sites is 1. The summed E-state index contributed by atoms with van der Waals surface area (Å²) in [6.45, 7) is 0.402. The van der Waals surface area contributed by atoms with E-state index in [1.54, 1.807) is 18.6 Å². The number of nitrogens with one attached hydrogen (secondary N) is 1. The molecule has 1 aromatic carbocycles. The zero-order chi connectivity index (χ0) is 14.7. The number of hydrogen-bond acceptors (Lipinski definition) is 4. The summed E-state index contributed by atoms with van der Waals surface area (Å²) in [5.41, 5.74) is 1.72. The van der Waals surface area contributed by atoms with Gasteiger partial charge in [0.15, 0.2) is 0 Å². The number of halogens is 1. The van der Waals surface area contributed by atoms with Crippen LogP contribution in [0.5, 0.6) is 0 Å². The van der Waals surface area contributed by atoms with E-state index in [1.165, 1.54) is 0 Å². The third kappa shape index (κ3) is 2.94. The monoisotopic (exact) mass is 303 g/mol. The van der Waals surface area contributed by atoms with E-state index >= 15 is 0 Å². The third-order valence-electron chi connectivity index (χ3n) is 3.08. The molecule has 2 N–H and O–H groups in total. The number of benzene rings is 1. The lowest BCUT2D eigenvalue weighted by Gasteiger charge is -2.13. The predicted octanol–water partition coefficient (Wildman–Crippen LogP) is 3.22. The Hall–Kier alpha value is -2.24. The largest absolute Gasteiger partial charge is 0.462 e. The second-order valence-electron chi connectivity index (χ2n) is 4.49. The number of aliphatic hydroxyl groups is 1. The Morgan fingerprint density at radius 1 is 1.24 bits per heavy atom. The number of hydrogen-bond donors (Lipinski definition) is 2. The molecule has 0 aliphatic carbocycles. The molecule has 0 aliphatic heterocycles. The number of aliphatic hydroxyl groups excluding tert-OH is 1. The van der Waals surface area contributed by atoms with Crippen LogP contribution in [0.15, 0.2) is 53.5 Å². The highest BCUT2D eigenvalue weighted by Gasteiger charge is 2.09. The zero-order valence-electron chi connectivity index (χ0n) is 11.2. The molecular formula is C15H14ClN3O2. The highest BCUT2D eigenvalue weighted by Crippen LogP contribution is 2.28. The molecule has 5 nitrogen and oxygen atoms in total. The van der Waals surface area contributed by atoms with Gasteiger partial charge < -0.3 is 19.4 Å². The van der Waals surface area contributed by atoms with Gasteiger partial charge in [0.1, 0.15) is 18.1 Å². The summed E-state index contributed by atoms with van der Waals surface area (Å²) in [5.74, 6) is 1.29. The van der Waals surface area contributed by atoms with Gasteiger partial charge in [0.25, 0.3) is 0 Å². The summed E-state index contributed by atoms with van der Waals surface area (Å²) in [6.07, 6.45) is 5.24. The Morgan fingerprint density at radius 3 is 2.81 bits per heavy atom. The fraction of sp³-hybridized carbons (Fsp3) is 0.133. The second kappa shape index (κ2) is 6.03. The molecule has 0 fully saturated rings. The number of nitrogens with zero attached hydrogens (tertiary/aromatic N) is 2. The van der Waals surface area contributed by atoms with Crippen molar-refractivity contribution in [2.75, 3.05) is 5.32 Å². The standard InChI is InChI=1S/C15H14ClN3O2/c16-13-2-1-3-14(15(13)19-7-6-17-10-19)18-8-11-4-5-12(9-20)21-11/h1-7,10,18,20H,8-9H2. The van der Waals surface area contributed by atoms with Gasteiger partial charge in [0.05, 0.1) is 29.3 Å². The van der Waals surface area contributed by atoms with Gasteiger partial charge in [0, 0.05) is 12.4 Å². The first-order valence-electron chi connectivity index (χ1n) is 6.47. The molecule has 0 saturated carbocycles. The van der Waals surface area contributed by atoms with Crippen molar-refractivity contribution < 1.29 is 9.52 Å². The molecule has 2 aromatic heterocycles. The molecule has 0 unspecified atom stereocenters. The van der Waals surface area contributed by atoms with E-state index in [-0.39, 0.29) is 6.61 Å². The molecule has 108 valence electrons. The Labute approximate surface area is 126 Å². The number of imidazole rings is 1. The van der Waals surface area contributed by atoms with Crippen LogP contribution in [0.3, 0.4) is 0 Å². The first-order valence-corrected chi connectivity index (χ1v) is 6.85. The van der Waals surface area contributed by atoms with E-state index in [2.05, 4.69) is 10.3 Å². The van der Waals surface area contributed by atoms with Crippen LogP contribution in [0, 0.1) is 0 Å². The molecule has 0 atom stereocenters. The van der Waals surface area contributed by atoms with Crippen LogP contribution in [-0.2, 0) is 13.2 Å². The van der Waals surface area contributed by atoms with Gasteiger partial charge in [-0.1, -0.05) is 17.7 Å². The van der Waals surface area contributed by atoms with Crippen LogP contribution < -0.4 is 5.32 Å². The summed E-state index contributed by atoms with van der Waals surface area (Å²) >= 11 is 6.28. The average Bonchev–Trinajstić information content (AvgIpc) is 3.16. The molecule has 0 saturated heterocycles. The molecule has 2 heterocycles. The van der Waals surface area contributed by atoms with E-state index in [0.717, 1.165) is 17.1 Å². The molecule has 21 heavy (non-hydrogen) atoms. The number of aromatic nitrogens is 2. The van der Waals surface area contributed by atoms with Crippen molar-refractivity contribution in [3.05, 3.63) is 65.6 Å². The minimum Gasteiger partial charge on any atom is -0.462 e. The predicted molar refractivity (Wildman–Crippen MR) is 80.5 cm³/mol. The first-order chi connectivity index (χ1) is 10.3. The quantitative estimate of drug-likeness (QED) is 0.759. The maximum Gasteiger partial charge on any atom is 0.129 e. The molecule has 6 heteroatoms. The highest BCUT2D eigenvalue weighted by atomic mass is 35.5. The minimum absolute atomic E-state index is 0.0998. The van der Waals surface area contributed by atoms with E-state index < -0.39 is 0 Å². The lowest BCUT2D eigenvalue weighted by Crippen LogP contribution is -2.03. The smallest absolute Gasteiger partial charge is 0.129 e. The summed E-state index contributed by atoms with van der Waals surface area (Å²) < 4.78 is 7.30. The Balaban J connectivity index is 1.84. The molecule has 0 aliphatic rings. The zero-order valence-corrected chi connectivity index (χ0v) is 11.9. The molecule has 0 spiro atoms. The van der Waals surface area contributed by atoms with Crippen LogP contribution in [-0.4, -0.2) is 14.7 Å². The van der Waals surface area contributed by atoms with Crippen molar-refractivity contribution in [1.29, 1.82) is 0 Å². The van der Waals surface area contributed by atoms with Gasteiger partial charge in [-0.2, -0.15) is 0 Å². The maximum atomic E-state index is 9.00. The van der Waals surface area contributed by atoms with E-state index in [1.807, 2.05) is 35.0 Å². The van der Waals surface area contributed by atoms with Gasteiger partial charge >= 0.3 is 0 Å². The normalized spacial score (nSPS) is 10.8. The van der Waals surface area contributed by atoms with Gasteiger partial charge in [-0.25, -0.2) is 4.98 Å². The minimum atomic E-state index is -0.0998. The van der Waals surface area contributed by atoms with Gasteiger partial charge in [-0.15, -0.1) is 0 Å². The van der Waals surface area contributed by atoms with Crippen molar-refractivity contribution in [2.45, 2.75) is 13.2 Å². The molecule has 0 radical (unpaired) electrons. The highest BCUT2D eigenvalue weighted by molar-refractivity contribution is 6.33. The topological polar surface area (TPSA) is 63.2 Å². The lowest BCUT2D eigenvalue weighted by atomic mass is 10.2. The fourth-order valence-corrected chi connectivity index (χ4v) is 2.37. The van der Waals surface area contributed by atoms with E-state index in [4.69, 9.17) is 21.1 Å². The number of furan rings is 1. The van der Waals surface area contributed by atoms with Gasteiger partial charge in [-0.3, -0.25) is 0 Å². The maximum absolute atomic E-state index is 9.00. The molecule has 3 aromatic rings. The first kappa shape index (κ1) is 13.7. The Morgan fingerprint density at radius 2 is 2.10 bits per heavy atom. The number of anilines is 1. The lowest BCUT2D eigenvalue weighted by molar-refractivity contribution is 0.244. The SMILES string of the molecule is OCc1ccc(CNc2cccc(Cl)c2-n2ccnc2)o1. The molecule has 0 amide bonds. The van der Waals surface area contributed by atoms with Crippen molar-refractivity contribution in [3.8, 4) is 5.69 Å². The van der Waals surface area contributed by atoms with Crippen LogP contribution in [0.1, 0.15) is 11.5 Å². The van der Waals surface area contributed by atoms with Crippen molar-refractivity contribution in [1.82, 2.24) is 9.55 Å². The summed E-state index contributed by atoms with van der Waals surface area (Å²) in [7, 11) is 0. The molecule has 0 bridgehead atoms. The van der Waals surface area contributed by atoms with Crippen molar-refractivity contribution in [2.24, 2.45) is 0 Å². The van der Waals surface area contributed by atoms with Crippen LogP contribution >= 0.6 is 11.6 Å². The van der Waals surface area contributed by atoms with Gasteiger partial charge in [0.2, 0.25) is 0 Å². The van der Waals surface area contributed by atoms with E-state index in [9.17, 15) is 0 Å². The van der Waals surface area contributed by atoms with Crippen LogP contribution in [0.2, 0.25) is 5.02 Å². The van der Waals surface area contributed by atoms with Crippen molar-refractivity contribution >= 4 is 17.3 Å². The second-order valence-corrected chi connectivity index (χ2v) is 4.89. The summed E-state index contributed by atoms with van der Waals surface area (Å²) in [4.78, 5) is 4.04. The fourth-order valence-electron chi connectivity index (χ4n) is 2.10.